The van der Waals surface area contributed by atoms with Gasteiger partial charge in [0.05, 0.1) is 26.3 Å². The molecule has 3 aromatic rings. The molecule has 0 saturated carbocycles. The molecule has 30 heavy (non-hydrogen) atoms. The number of alkyl halides is 2. The minimum Gasteiger partial charge on any atom is -0.497 e. The van der Waals surface area contributed by atoms with Gasteiger partial charge in [-0.1, -0.05) is 17.7 Å². The number of rotatable bonds is 6. The number of anilines is 1. The van der Waals surface area contributed by atoms with Crippen molar-refractivity contribution in [2.45, 2.75) is 25.1 Å². The number of methoxy groups -OCH3 is 2. The van der Waals surface area contributed by atoms with Gasteiger partial charge in [0.1, 0.15) is 23.6 Å². The maximum Gasteiger partial charge on any atom is 0.387 e. The monoisotopic (exact) mass is 436 g/mol. The highest BCUT2D eigenvalue weighted by molar-refractivity contribution is 6.30. The quantitative estimate of drug-likeness (QED) is 0.604. The van der Waals surface area contributed by atoms with E-state index in [0.717, 1.165) is 5.56 Å². The van der Waals surface area contributed by atoms with Crippen LogP contribution in [0.15, 0.2) is 42.7 Å². The van der Waals surface area contributed by atoms with Gasteiger partial charge in [-0.2, -0.15) is 18.9 Å². The molecule has 0 amide bonds. The van der Waals surface area contributed by atoms with Gasteiger partial charge in [0.25, 0.3) is 0 Å². The minimum atomic E-state index is -2.97. The molecule has 2 atom stereocenters. The molecule has 1 aliphatic heterocycles. The van der Waals surface area contributed by atoms with E-state index >= 15 is 0 Å². The lowest BCUT2D eigenvalue weighted by Gasteiger charge is -2.33. The zero-order chi connectivity index (χ0) is 21.3. The van der Waals surface area contributed by atoms with E-state index < -0.39 is 6.61 Å². The van der Waals surface area contributed by atoms with Crippen LogP contribution < -0.4 is 19.5 Å². The van der Waals surface area contributed by atoms with E-state index in [1.165, 1.54) is 12.4 Å². The summed E-state index contributed by atoms with van der Waals surface area (Å²) in [5.41, 5.74) is 1.41. The van der Waals surface area contributed by atoms with Crippen molar-refractivity contribution in [3.05, 3.63) is 58.9 Å². The lowest BCUT2D eigenvalue weighted by Crippen LogP contribution is -2.28. The molecular formula is C20H19ClF2N4O3. The molecule has 1 aliphatic rings. The van der Waals surface area contributed by atoms with Crippen LogP contribution in [0, 0.1) is 0 Å². The molecular weight excluding hydrogens is 418 g/mol. The Labute approximate surface area is 176 Å². The molecule has 0 saturated heterocycles. The first kappa shape index (κ1) is 20.2. The van der Waals surface area contributed by atoms with Gasteiger partial charge in [0.2, 0.25) is 5.95 Å². The smallest absolute Gasteiger partial charge is 0.387 e. The van der Waals surface area contributed by atoms with E-state index in [2.05, 4.69) is 15.4 Å². The number of nitrogens with zero attached hydrogens (tertiary/aromatic N) is 3. The molecule has 2 heterocycles. The van der Waals surface area contributed by atoms with Gasteiger partial charge < -0.3 is 19.5 Å². The van der Waals surface area contributed by atoms with Gasteiger partial charge in [-0.3, -0.25) is 0 Å². The molecule has 158 valence electrons. The van der Waals surface area contributed by atoms with E-state index in [9.17, 15) is 8.78 Å². The number of hydrogen-bond donors (Lipinski definition) is 1. The number of ether oxygens (including phenoxy) is 3. The van der Waals surface area contributed by atoms with Crippen molar-refractivity contribution in [1.29, 1.82) is 0 Å². The SMILES string of the molecule is COc1ccc(C2CC(c3ccc(Cl)cc3OC(F)F)Nc3ncnn32)c(OC)c1. The Morgan fingerprint density at radius 2 is 1.90 bits per heavy atom. The lowest BCUT2D eigenvalue weighted by atomic mass is 9.92. The Hall–Kier alpha value is -3.07. The molecule has 0 radical (unpaired) electrons. The Morgan fingerprint density at radius 3 is 2.63 bits per heavy atom. The highest BCUT2D eigenvalue weighted by Crippen LogP contribution is 2.43. The zero-order valence-corrected chi connectivity index (χ0v) is 16.9. The topological polar surface area (TPSA) is 70.4 Å². The highest BCUT2D eigenvalue weighted by atomic mass is 35.5. The molecule has 2 unspecified atom stereocenters. The number of nitrogens with one attached hydrogen (secondary N) is 1. The molecule has 1 aromatic heterocycles. The van der Waals surface area contributed by atoms with Crippen LogP contribution in [0.2, 0.25) is 5.02 Å². The van der Waals surface area contributed by atoms with Crippen LogP contribution in [0.25, 0.3) is 0 Å². The molecule has 0 aliphatic carbocycles. The highest BCUT2D eigenvalue weighted by Gasteiger charge is 2.33. The van der Waals surface area contributed by atoms with Gasteiger partial charge >= 0.3 is 6.61 Å². The summed E-state index contributed by atoms with van der Waals surface area (Å²) in [6, 6.07) is 9.58. The maximum atomic E-state index is 13.0. The second-order valence-corrected chi connectivity index (χ2v) is 7.08. The number of aromatic nitrogens is 3. The number of fused-ring (bicyclic) bond motifs is 1. The summed E-state index contributed by atoms with van der Waals surface area (Å²) in [5.74, 6) is 1.81. The van der Waals surface area contributed by atoms with Crippen LogP contribution in [0.4, 0.5) is 14.7 Å². The molecule has 0 bridgehead atoms. The van der Waals surface area contributed by atoms with Crippen LogP contribution in [0.5, 0.6) is 17.2 Å². The second-order valence-electron chi connectivity index (χ2n) is 6.65. The largest absolute Gasteiger partial charge is 0.497 e. The van der Waals surface area contributed by atoms with Crippen molar-refractivity contribution in [3.63, 3.8) is 0 Å². The molecule has 2 aromatic carbocycles. The third-order valence-electron chi connectivity index (χ3n) is 5.00. The Morgan fingerprint density at radius 1 is 1.10 bits per heavy atom. The summed E-state index contributed by atoms with van der Waals surface area (Å²) >= 11 is 6.00. The Balaban J connectivity index is 1.76. The van der Waals surface area contributed by atoms with Crippen LogP contribution >= 0.6 is 11.6 Å². The lowest BCUT2D eigenvalue weighted by molar-refractivity contribution is -0.0506. The first-order chi connectivity index (χ1) is 14.5. The molecule has 0 spiro atoms. The van der Waals surface area contributed by atoms with Gasteiger partial charge in [-0.15, -0.1) is 0 Å². The van der Waals surface area contributed by atoms with Crippen molar-refractivity contribution >= 4 is 17.5 Å². The summed E-state index contributed by atoms with van der Waals surface area (Å²) < 4.78 is 43.2. The summed E-state index contributed by atoms with van der Waals surface area (Å²) in [7, 11) is 3.16. The number of halogens is 3. The van der Waals surface area contributed by atoms with Gasteiger partial charge in [0.15, 0.2) is 0 Å². The van der Waals surface area contributed by atoms with Crippen LogP contribution in [0.1, 0.15) is 29.6 Å². The molecule has 7 nitrogen and oxygen atoms in total. The van der Waals surface area contributed by atoms with E-state index in [-0.39, 0.29) is 17.8 Å². The van der Waals surface area contributed by atoms with Gasteiger partial charge in [-0.05, 0) is 30.7 Å². The first-order valence-corrected chi connectivity index (χ1v) is 9.50. The minimum absolute atomic E-state index is 0.0170. The average molecular weight is 437 g/mol. The second kappa shape index (κ2) is 8.35. The third kappa shape index (κ3) is 3.85. The van der Waals surface area contributed by atoms with Gasteiger partial charge in [-0.25, -0.2) is 4.68 Å². The molecule has 1 N–H and O–H groups in total. The normalized spacial score (nSPS) is 17.9. The van der Waals surface area contributed by atoms with Crippen molar-refractivity contribution in [1.82, 2.24) is 14.8 Å². The van der Waals surface area contributed by atoms with Crippen molar-refractivity contribution in [2.24, 2.45) is 0 Å². The summed E-state index contributed by atoms with van der Waals surface area (Å²) in [5, 5.41) is 7.88. The van der Waals surface area contributed by atoms with E-state index in [1.54, 1.807) is 37.1 Å². The van der Waals surface area contributed by atoms with Crippen molar-refractivity contribution in [3.8, 4) is 17.2 Å². The van der Waals surface area contributed by atoms with Crippen molar-refractivity contribution < 1.29 is 23.0 Å². The number of hydrogen-bond acceptors (Lipinski definition) is 6. The van der Waals surface area contributed by atoms with Crippen LogP contribution in [-0.2, 0) is 0 Å². The average Bonchev–Trinajstić information content (AvgIpc) is 3.21. The molecule has 0 fully saturated rings. The molecule has 4 rings (SSSR count). The fourth-order valence-corrected chi connectivity index (χ4v) is 3.83. The van der Waals surface area contributed by atoms with Gasteiger partial charge in [0, 0.05) is 22.2 Å². The van der Waals surface area contributed by atoms with E-state index in [0.29, 0.717) is 34.5 Å². The standard InChI is InChI=1S/C20H19ClF2N4O3/c1-28-12-4-6-14(17(8-12)29-2)16-9-15(26-20-24-10-25-27(16)20)13-5-3-11(21)7-18(13)30-19(22)23/h3-8,10,15-16,19H,9H2,1-2H3,(H,24,25,26). The van der Waals surface area contributed by atoms with E-state index in [4.69, 9.17) is 25.8 Å². The fraction of sp³-hybridized carbons (Fsp3) is 0.300. The predicted octanol–water partition coefficient (Wildman–Crippen LogP) is 4.70. The third-order valence-corrected chi connectivity index (χ3v) is 5.23. The first-order valence-electron chi connectivity index (χ1n) is 9.12. The predicted molar refractivity (Wildman–Crippen MR) is 107 cm³/mol. The van der Waals surface area contributed by atoms with Crippen molar-refractivity contribution in [2.75, 3.05) is 19.5 Å². The van der Waals surface area contributed by atoms with E-state index in [1.807, 2.05) is 12.1 Å². The number of benzene rings is 2. The van der Waals surface area contributed by atoms with Crippen LogP contribution in [-0.4, -0.2) is 35.6 Å². The fourth-order valence-electron chi connectivity index (χ4n) is 3.67. The summed E-state index contributed by atoms with van der Waals surface area (Å²) in [6.07, 6.45) is 1.92. The molecule has 10 heteroatoms. The zero-order valence-electron chi connectivity index (χ0n) is 16.2. The Kier molecular flexibility index (Phi) is 5.63. The summed E-state index contributed by atoms with van der Waals surface area (Å²) in [4.78, 5) is 4.27. The maximum absolute atomic E-state index is 13.0. The summed E-state index contributed by atoms with van der Waals surface area (Å²) in [6.45, 7) is -2.97. The van der Waals surface area contributed by atoms with Crippen LogP contribution in [0.3, 0.4) is 0 Å². The Bertz CT molecular complexity index is 1050.